The van der Waals surface area contributed by atoms with Crippen molar-refractivity contribution in [2.75, 3.05) is 13.2 Å². The van der Waals surface area contributed by atoms with E-state index in [1.54, 1.807) is 0 Å². The van der Waals surface area contributed by atoms with Crippen molar-refractivity contribution in [1.82, 2.24) is 0 Å². The molecule has 0 saturated heterocycles. The van der Waals surface area contributed by atoms with Gasteiger partial charge in [-0.25, -0.2) is 0 Å². The first-order valence-electron chi connectivity index (χ1n) is 29.3. The zero-order valence-corrected chi connectivity index (χ0v) is 45.1. The molecule has 0 rings (SSSR count). The number of allylic oxidation sites excluding steroid dienone is 10. The van der Waals surface area contributed by atoms with E-state index in [1.165, 1.54) is 173 Å². The van der Waals surface area contributed by atoms with Gasteiger partial charge in [0.05, 0.1) is 0 Å². The van der Waals surface area contributed by atoms with Crippen LogP contribution in [-0.2, 0) is 28.6 Å². The summed E-state index contributed by atoms with van der Waals surface area (Å²) in [5.41, 5.74) is 0. The second kappa shape index (κ2) is 56.7. The first-order chi connectivity index (χ1) is 33.5. The van der Waals surface area contributed by atoms with Crippen molar-refractivity contribution in [3.8, 4) is 0 Å². The van der Waals surface area contributed by atoms with Crippen LogP contribution in [0.4, 0.5) is 0 Å². The molecule has 0 saturated carbocycles. The molecule has 0 aliphatic heterocycles. The number of rotatable bonds is 53. The molecule has 0 radical (unpaired) electrons. The maximum absolute atomic E-state index is 12.8. The number of hydrogen-bond donors (Lipinski definition) is 0. The van der Waals surface area contributed by atoms with E-state index < -0.39 is 6.10 Å². The Labute approximate surface area is 421 Å². The van der Waals surface area contributed by atoms with Gasteiger partial charge >= 0.3 is 17.9 Å². The van der Waals surface area contributed by atoms with Crippen molar-refractivity contribution in [2.45, 2.75) is 303 Å². The Bertz CT molecular complexity index is 1230. The number of carbonyl (C=O) groups excluding carboxylic acids is 3. The molecule has 394 valence electrons. The van der Waals surface area contributed by atoms with Crippen LogP contribution in [0.5, 0.6) is 0 Å². The van der Waals surface area contributed by atoms with Crippen LogP contribution in [0.2, 0.25) is 0 Å². The predicted molar refractivity (Wildman–Crippen MR) is 293 cm³/mol. The van der Waals surface area contributed by atoms with Crippen LogP contribution in [0.1, 0.15) is 297 Å². The molecule has 1 atom stereocenters. The van der Waals surface area contributed by atoms with Crippen LogP contribution in [0.15, 0.2) is 60.8 Å². The van der Waals surface area contributed by atoms with E-state index in [0.717, 1.165) is 83.5 Å². The molecular weight excluding hydrogens is 841 g/mol. The third kappa shape index (κ3) is 54.1. The summed E-state index contributed by atoms with van der Waals surface area (Å²) in [5.74, 6) is -0.877. The minimum Gasteiger partial charge on any atom is -0.462 e. The van der Waals surface area contributed by atoms with Crippen molar-refractivity contribution in [1.29, 1.82) is 0 Å². The summed E-state index contributed by atoms with van der Waals surface area (Å²) in [6, 6.07) is 0. The van der Waals surface area contributed by atoms with Gasteiger partial charge in [0.25, 0.3) is 0 Å². The van der Waals surface area contributed by atoms with E-state index in [1.807, 2.05) is 0 Å². The lowest BCUT2D eigenvalue weighted by Gasteiger charge is -2.18. The Morgan fingerprint density at radius 2 is 0.574 bits per heavy atom. The van der Waals surface area contributed by atoms with Gasteiger partial charge in [-0.1, -0.05) is 255 Å². The Morgan fingerprint density at radius 1 is 0.309 bits per heavy atom. The number of unbranched alkanes of at least 4 members (excludes halogenated alkanes) is 32. The van der Waals surface area contributed by atoms with Crippen LogP contribution < -0.4 is 0 Å². The Kier molecular flexibility index (Phi) is 54.3. The molecule has 0 heterocycles. The minimum atomic E-state index is -0.771. The van der Waals surface area contributed by atoms with Crippen molar-refractivity contribution < 1.29 is 28.6 Å². The van der Waals surface area contributed by atoms with E-state index in [9.17, 15) is 14.4 Å². The van der Waals surface area contributed by atoms with E-state index in [2.05, 4.69) is 81.5 Å². The highest BCUT2D eigenvalue weighted by molar-refractivity contribution is 5.71. The lowest BCUT2D eigenvalue weighted by atomic mass is 10.0. The third-order valence-corrected chi connectivity index (χ3v) is 12.8. The highest BCUT2D eigenvalue weighted by atomic mass is 16.6. The second-order valence-electron chi connectivity index (χ2n) is 19.5. The van der Waals surface area contributed by atoms with Crippen molar-refractivity contribution in [3.05, 3.63) is 60.8 Å². The molecule has 0 fully saturated rings. The normalized spacial score (nSPS) is 12.5. The molecule has 1 unspecified atom stereocenters. The highest BCUT2D eigenvalue weighted by Crippen LogP contribution is 2.16. The number of carbonyl (C=O) groups is 3. The molecule has 0 aromatic rings. The average Bonchev–Trinajstić information content (AvgIpc) is 3.34. The van der Waals surface area contributed by atoms with Crippen LogP contribution in [0.25, 0.3) is 0 Å². The summed E-state index contributed by atoms with van der Waals surface area (Å²) < 4.78 is 16.8. The number of hydrogen-bond acceptors (Lipinski definition) is 6. The Hall–Kier alpha value is -2.89. The van der Waals surface area contributed by atoms with E-state index >= 15 is 0 Å². The molecule has 0 spiro atoms. The van der Waals surface area contributed by atoms with Crippen LogP contribution >= 0.6 is 0 Å². The molecular formula is C62H110O6. The van der Waals surface area contributed by atoms with Crippen LogP contribution in [0, 0.1) is 0 Å². The average molecular weight is 952 g/mol. The summed E-state index contributed by atoms with van der Waals surface area (Å²) >= 11 is 0. The first-order valence-corrected chi connectivity index (χ1v) is 29.3. The zero-order chi connectivity index (χ0) is 49.3. The van der Waals surface area contributed by atoms with Gasteiger partial charge < -0.3 is 14.2 Å². The van der Waals surface area contributed by atoms with Gasteiger partial charge in [-0.3, -0.25) is 14.4 Å². The summed E-state index contributed by atoms with van der Waals surface area (Å²) in [5, 5.41) is 0. The Balaban J connectivity index is 4.07. The van der Waals surface area contributed by atoms with Crippen molar-refractivity contribution >= 4 is 17.9 Å². The van der Waals surface area contributed by atoms with Gasteiger partial charge in [0.1, 0.15) is 13.2 Å². The second-order valence-corrected chi connectivity index (χ2v) is 19.5. The molecule has 68 heavy (non-hydrogen) atoms. The zero-order valence-electron chi connectivity index (χ0n) is 45.1. The molecule has 0 aromatic heterocycles. The summed E-state index contributed by atoms with van der Waals surface area (Å²) in [7, 11) is 0. The molecule has 0 aliphatic rings. The van der Waals surface area contributed by atoms with Gasteiger partial charge in [0.15, 0.2) is 6.10 Å². The number of esters is 3. The van der Waals surface area contributed by atoms with Gasteiger partial charge in [-0.05, 0) is 83.5 Å². The fourth-order valence-electron chi connectivity index (χ4n) is 8.37. The summed E-state index contributed by atoms with van der Waals surface area (Å²) in [6.07, 6.45) is 71.1. The molecule has 6 nitrogen and oxygen atoms in total. The third-order valence-electron chi connectivity index (χ3n) is 12.8. The topological polar surface area (TPSA) is 78.9 Å². The van der Waals surface area contributed by atoms with E-state index in [0.29, 0.717) is 19.3 Å². The largest absolute Gasteiger partial charge is 0.462 e. The number of ether oxygens (including phenoxy) is 3. The molecule has 0 aliphatic carbocycles. The quantitative estimate of drug-likeness (QED) is 0.0262. The van der Waals surface area contributed by atoms with E-state index in [4.69, 9.17) is 14.2 Å². The monoisotopic (exact) mass is 951 g/mol. The van der Waals surface area contributed by atoms with Gasteiger partial charge in [0, 0.05) is 19.3 Å². The van der Waals surface area contributed by atoms with Crippen molar-refractivity contribution in [2.24, 2.45) is 0 Å². The van der Waals surface area contributed by atoms with Crippen molar-refractivity contribution in [3.63, 3.8) is 0 Å². The SMILES string of the molecule is CC/C=C\C/C=C\C/C=C\C/C=C\CCCCCCCCCCCCCCCCC(=O)OCC(COC(=O)CCCCCCCC)OC(=O)CCCCCCCCC/C=C\CCCCCCCC. The minimum absolute atomic E-state index is 0.0736. The fourth-order valence-corrected chi connectivity index (χ4v) is 8.37. The summed E-state index contributed by atoms with van der Waals surface area (Å²) in [4.78, 5) is 37.9. The Morgan fingerprint density at radius 3 is 0.912 bits per heavy atom. The smallest absolute Gasteiger partial charge is 0.306 e. The molecule has 0 aromatic carbocycles. The standard InChI is InChI=1S/C62H110O6/c1-4-7-10-13-16-18-20-22-24-26-27-28-29-30-31-32-33-34-35-37-38-40-42-44-46-49-52-55-61(64)67-58-59(57-66-60(63)54-51-48-15-12-9-6-3)68-62(65)56-53-50-47-45-43-41-39-36-25-23-21-19-17-14-11-8-5-2/h7,10,16,18,22-25,27-28,59H,4-6,8-9,11-15,17,19-21,26,29-58H2,1-3H3/b10-7-,18-16-,24-22-,25-23-,28-27-. The van der Waals surface area contributed by atoms with E-state index in [-0.39, 0.29) is 31.1 Å². The van der Waals surface area contributed by atoms with Gasteiger partial charge in [-0.2, -0.15) is 0 Å². The van der Waals surface area contributed by atoms with Crippen LogP contribution in [0.3, 0.4) is 0 Å². The lowest BCUT2D eigenvalue weighted by molar-refractivity contribution is -0.167. The first kappa shape index (κ1) is 65.1. The lowest BCUT2D eigenvalue weighted by Crippen LogP contribution is -2.30. The maximum Gasteiger partial charge on any atom is 0.306 e. The highest BCUT2D eigenvalue weighted by Gasteiger charge is 2.19. The predicted octanol–water partition coefficient (Wildman–Crippen LogP) is 19.6. The van der Waals surface area contributed by atoms with Gasteiger partial charge in [0.2, 0.25) is 0 Å². The van der Waals surface area contributed by atoms with Gasteiger partial charge in [-0.15, -0.1) is 0 Å². The molecule has 0 N–H and O–H groups in total. The fraction of sp³-hybridized carbons (Fsp3) is 0.790. The molecule has 0 amide bonds. The summed E-state index contributed by atoms with van der Waals surface area (Å²) in [6.45, 7) is 6.49. The molecule has 6 heteroatoms. The van der Waals surface area contributed by atoms with Crippen LogP contribution in [-0.4, -0.2) is 37.2 Å². The maximum atomic E-state index is 12.8. The molecule has 0 bridgehead atoms.